The Morgan fingerprint density at radius 2 is 1.79 bits per heavy atom. The number of thiocarbonyl (C=S) groups is 1. The highest BCUT2D eigenvalue weighted by atomic mass is 79.9. The summed E-state index contributed by atoms with van der Waals surface area (Å²) >= 11 is 8.69. The molecule has 3 aromatic carbocycles. The Morgan fingerprint density at radius 3 is 2.52 bits per heavy atom. The predicted octanol–water partition coefficient (Wildman–Crippen LogP) is 3.44. The molecule has 3 N–H and O–H groups in total. The summed E-state index contributed by atoms with van der Waals surface area (Å²) in [6, 6.07) is 23.4. The summed E-state index contributed by atoms with van der Waals surface area (Å²) in [5, 5.41) is 6.53. The van der Waals surface area contributed by atoms with Crippen LogP contribution in [-0.2, 0) is 6.61 Å². The van der Waals surface area contributed by atoms with E-state index >= 15 is 0 Å². The molecule has 0 atom stereocenters. The predicted molar refractivity (Wildman–Crippen MR) is 123 cm³/mol. The number of para-hydroxylation sites is 1. The monoisotopic (exact) mass is 470 g/mol. The zero-order valence-electron chi connectivity index (χ0n) is 15.8. The molecule has 0 aliphatic carbocycles. The van der Waals surface area contributed by atoms with Gasteiger partial charge in [0.2, 0.25) is 5.11 Å². The van der Waals surface area contributed by atoms with Gasteiger partial charge in [0.25, 0.3) is 0 Å². The second-order valence-electron chi connectivity index (χ2n) is 6.06. The van der Waals surface area contributed by atoms with E-state index in [1.807, 2.05) is 72.8 Å². The summed E-state index contributed by atoms with van der Waals surface area (Å²) in [7, 11) is 1.62. The standard InChI is InChI=1S/C22H20BrN3O2S/c1-27-21-13-17(14-24-26-22(29)25-19-5-3-2-4-6-19)9-12-20(21)28-15-16-7-10-18(23)11-8-16/h2-14H,15H2,1H3,(H2,25,26,29)/p+1. The minimum Gasteiger partial charge on any atom is -0.493 e. The zero-order chi connectivity index (χ0) is 20.5. The first kappa shape index (κ1) is 20.8. The van der Waals surface area contributed by atoms with Crippen LogP contribution >= 0.6 is 28.1 Å². The fourth-order valence-electron chi connectivity index (χ4n) is 2.50. The highest BCUT2D eigenvalue weighted by molar-refractivity contribution is 9.10. The zero-order valence-corrected chi connectivity index (χ0v) is 18.2. The first-order valence-corrected chi connectivity index (χ1v) is 10.1. The number of hydrazine groups is 1. The molecule has 0 saturated carbocycles. The van der Waals surface area contributed by atoms with E-state index in [1.54, 1.807) is 13.3 Å². The summed E-state index contributed by atoms with van der Waals surface area (Å²) < 4.78 is 12.4. The summed E-state index contributed by atoms with van der Waals surface area (Å²) in [4.78, 5) is 0. The van der Waals surface area contributed by atoms with Gasteiger partial charge in [-0.25, -0.2) is 0 Å². The third-order valence-corrected chi connectivity index (χ3v) is 4.68. The fourth-order valence-corrected chi connectivity index (χ4v) is 2.94. The molecule has 3 aromatic rings. The van der Waals surface area contributed by atoms with Crippen LogP contribution in [0.3, 0.4) is 0 Å². The number of hydrazone groups is 1. The number of halogens is 1. The average Bonchev–Trinajstić information content (AvgIpc) is 2.74. The maximum atomic E-state index is 5.90. The molecule has 0 heterocycles. The Balaban J connectivity index is 1.56. The van der Waals surface area contributed by atoms with Crippen LogP contribution in [0.25, 0.3) is 0 Å². The molecule has 0 bridgehead atoms. The minimum absolute atomic E-state index is 0.464. The van der Waals surface area contributed by atoms with Crippen molar-refractivity contribution in [3.63, 3.8) is 0 Å². The van der Waals surface area contributed by atoms with Gasteiger partial charge in [-0.05, 0) is 60.2 Å². The maximum absolute atomic E-state index is 5.90. The second kappa shape index (κ2) is 10.6. The third-order valence-electron chi connectivity index (χ3n) is 3.95. The van der Waals surface area contributed by atoms with Crippen LogP contribution in [0.4, 0.5) is 5.69 Å². The van der Waals surface area contributed by atoms with E-state index in [0.717, 1.165) is 21.3 Å². The molecule has 0 amide bonds. The van der Waals surface area contributed by atoms with E-state index in [9.17, 15) is 0 Å². The van der Waals surface area contributed by atoms with Crippen molar-refractivity contribution in [2.75, 3.05) is 12.4 Å². The molecule has 29 heavy (non-hydrogen) atoms. The Morgan fingerprint density at radius 1 is 1.03 bits per heavy atom. The van der Waals surface area contributed by atoms with Crippen LogP contribution in [-0.4, -0.2) is 18.4 Å². The molecule has 0 saturated heterocycles. The van der Waals surface area contributed by atoms with Crippen LogP contribution in [0.15, 0.2) is 77.3 Å². The lowest BCUT2D eigenvalue weighted by Gasteiger charge is -2.11. The highest BCUT2D eigenvalue weighted by Gasteiger charge is 2.07. The number of hydrogen-bond acceptors (Lipinski definition) is 3. The summed E-state index contributed by atoms with van der Waals surface area (Å²) in [6.45, 7) is 0.464. The van der Waals surface area contributed by atoms with Crippen molar-refractivity contribution in [2.24, 2.45) is 0 Å². The van der Waals surface area contributed by atoms with Gasteiger partial charge in [0.05, 0.1) is 7.11 Å². The molecule has 5 nitrogen and oxygen atoms in total. The summed E-state index contributed by atoms with van der Waals surface area (Å²) in [5.74, 6) is 1.34. The summed E-state index contributed by atoms with van der Waals surface area (Å²) in [5.41, 5.74) is 5.83. The SMILES string of the molecule is COc1cc(C=[NH+]NC(=S)Nc2ccccc2)ccc1OCc1ccc(Br)cc1. The second-order valence-corrected chi connectivity index (χ2v) is 7.38. The first-order chi connectivity index (χ1) is 14.1. The van der Waals surface area contributed by atoms with Crippen LogP contribution in [0.2, 0.25) is 0 Å². The first-order valence-electron chi connectivity index (χ1n) is 8.90. The lowest BCUT2D eigenvalue weighted by atomic mass is 10.2. The van der Waals surface area contributed by atoms with E-state index in [4.69, 9.17) is 21.7 Å². The molecule has 0 aromatic heterocycles. The van der Waals surface area contributed by atoms with Gasteiger partial charge in [-0.15, -0.1) is 10.5 Å². The van der Waals surface area contributed by atoms with E-state index in [0.29, 0.717) is 23.2 Å². The Hall–Kier alpha value is -2.90. The Bertz CT molecular complexity index is 979. The van der Waals surface area contributed by atoms with Crippen molar-refractivity contribution in [3.8, 4) is 11.5 Å². The largest absolute Gasteiger partial charge is 0.493 e. The molecule has 0 unspecified atom stereocenters. The van der Waals surface area contributed by atoms with E-state index in [2.05, 4.69) is 31.8 Å². The highest BCUT2D eigenvalue weighted by Crippen LogP contribution is 2.28. The average molecular weight is 471 g/mol. The van der Waals surface area contributed by atoms with Crippen molar-refractivity contribution in [1.29, 1.82) is 0 Å². The number of nitrogens with one attached hydrogen (secondary N) is 3. The van der Waals surface area contributed by atoms with Crippen LogP contribution in [0.5, 0.6) is 11.5 Å². The Labute approximate surface area is 183 Å². The lowest BCUT2D eigenvalue weighted by Crippen LogP contribution is -2.82. The van der Waals surface area contributed by atoms with Gasteiger partial charge in [0.1, 0.15) is 6.61 Å². The van der Waals surface area contributed by atoms with Crippen molar-refractivity contribution >= 4 is 45.2 Å². The van der Waals surface area contributed by atoms with E-state index in [-0.39, 0.29) is 0 Å². The number of rotatable bonds is 7. The van der Waals surface area contributed by atoms with E-state index < -0.39 is 0 Å². The molecule has 0 radical (unpaired) electrons. The number of hydrogen-bond donors (Lipinski definition) is 3. The van der Waals surface area contributed by atoms with Crippen LogP contribution < -0.4 is 25.3 Å². The van der Waals surface area contributed by atoms with Gasteiger partial charge < -0.3 is 14.8 Å². The number of anilines is 1. The van der Waals surface area contributed by atoms with Gasteiger partial charge in [-0.1, -0.05) is 46.3 Å². The number of benzene rings is 3. The molecule has 0 spiro atoms. The van der Waals surface area contributed by atoms with Crippen LogP contribution in [0.1, 0.15) is 11.1 Å². The van der Waals surface area contributed by atoms with Crippen molar-refractivity contribution in [3.05, 3.63) is 88.4 Å². The van der Waals surface area contributed by atoms with Gasteiger partial charge in [-0.2, -0.15) is 0 Å². The Kier molecular flexibility index (Phi) is 7.61. The topological polar surface area (TPSA) is 56.5 Å². The molecule has 148 valence electrons. The van der Waals surface area contributed by atoms with Crippen molar-refractivity contribution in [2.45, 2.75) is 6.61 Å². The maximum Gasteiger partial charge on any atom is 0.228 e. The minimum atomic E-state index is 0.464. The van der Waals surface area contributed by atoms with E-state index in [1.165, 1.54) is 0 Å². The molecule has 0 fully saturated rings. The van der Waals surface area contributed by atoms with Crippen molar-refractivity contribution in [1.82, 2.24) is 5.43 Å². The molecule has 0 aliphatic heterocycles. The quantitative estimate of drug-likeness (QED) is 0.280. The third kappa shape index (κ3) is 6.58. The summed E-state index contributed by atoms with van der Waals surface area (Å²) in [6.07, 6.45) is 1.79. The van der Waals surface area contributed by atoms with Gasteiger partial charge in [-0.3, -0.25) is 0 Å². The normalized spacial score (nSPS) is 10.6. The lowest BCUT2D eigenvalue weighted by molar-refractivity contribution is -0.499. The van der Waals surface area contributed by atoms with Gasteiger partial charge in [0, 0.05) is 15.7 Å². The molecule has 0 aliphatic rings. The van der Waals surface area contributed by atoms with Gasteiger partial charge in [0.15, 0.2) is 17.7 Å². The molecule has 3 rings (SSSR count). The molecule has 7 heteroatoms. The van der Waals surface area contributed by atoms with Gasteiger partial charge >= 0.3 is 0 Å². The van der Waals surface area contributed by atoms with Crippen LogP contribution in [0, 0.1) is 0 Å². The van der Waals surface area contributed by atoms with Crippen molar-refractivity contribution < 1.29 is 14.6 Å². The molecular weight excluding hydrogens is 450 g/mol. The number of ether oxygens (including phenoxy) is 2. The number of methoxy groups -OCH3 is 1. The molecular formula is C22H21BrN3O2S+. The smallest absolute Gasteiger partial charge is 0.228 e. The fraction of sp³-hybridized carbons (Fsp3) is 0.0909.